The molecule has 0 aliphatic carbocycles. The van der Waals surface area contributed by atoms with Crippen molar-refractivity contribution in [2.75, 3.05) is 26.2 Å². The van der Waals surface area contributed by atoms with E-state index in [0.29, 0.717) is 12.6 Å². The number of hydrogen-bond donors (Lipinski definition) is 2. The first-order chi connectivity index (χ1) is 12.6. The number of benzene rings is 1. The Morgan fingerprint density at radius 3 is 2.96 bits per heavy atom. The smallest absolute Gasteiger partial charge is 0.269 e. The third kappa shape index (κ3) is 6.63. The van der Waals surface area contributed by atoms with E-state index in [9.17, 15) is 10.1 Å². The van der Waals surface area contributed by atoms with E-state index in [-0.39, 0.29) is 10.6 Å². The fourth-order valence-electron chi connectivity index (χ4n) is 3.26. The van der Waals surface area contributed by atoms with E-state index in [1.165, 1.54) is 31.9 Å². The highest BCUT2D eigenvalue weighted by Gasteiger charge is 2.17. The molecule has 0 aromatic heterocycles. The minimum atomic E-state index is -0.377. The van der Waals surface area contributed by atoms with Gasteiger partial charge in [0.15, 0.2) is 5.96 Å². The highest BCUT2D eigenvalue weighted by Crippen LogP contribution is 2.16. The van der Waals surface area contributed by atoms with Crippen molar-refractivity contribution in [2.45, 2.75) is 52.1 Å². The zero-order valence-electron chi connectivity index (χ0n) is 15.9. The molecular formula is C19H31N5O2. The number of likely N-dealkylation sites (tertiary alicyclic amines) is 1. The van der Waals surface area contributed by atoms with Crippen LogP contribution in [0.2, 0.25) is 0 Å². The lowest BCUT2D eigenvalue weighted by molar-refractivity contribution is -0.384. The maximum Gasteiger partial charge on any atom is 0.269 e. The Balaban J connectivity index is 1.80. The van der Waals surface area contributed by atoms with Crippen molar-refractivity contribution < 1.29 is 4.92 Å². The van der Waals surface area contributed by atoms with Gasteiger partial charge in [-0.3, -0.25) is 10.1 Å². The number of hydrogen-bond acceptors (Lipinski definition) is 4. The standard InChI is InChI=1S/C19H31N5O2/c1-3-20-19(21-11-7-13-23-12-5-4-8-16(23)2)22-15-17-9-6-10-18(14-17)24(25)26/h6,9-10,14,16H,3-5,7-8,11-13,15H2,1-2H3,(H2,20,21,22). The summed E-state index contributed by atoms with van der Waals surface area (Å²) in [6.45, 7) is 8.73. The molecule has 2 rings (SSSR count). The van der Waals surface area contributed by atoms with Crippen LogP contribution in [0.3, 0.4) is 0 Å². The number of piperidine rings is 1. The average Bonchev–Trinajstić information content (AvgIpc) is 2.64. The highest BCUT2D eigenvalue weighted by molar-refractivity contribution is 5.79. The Bertz CT molecular complexity index is 605. The van der Waals surface area contributed by atoms with E-state index in [1.54, 1.807) is 12.1 Å². The van der Waals surface area contributed by atoms with Gasteiger partial charge >= 0.3 is 0 Å². The Kier molecular flexibility index (Phi) is 8.34. The molecule has 1 heterocycles. The van der Waals surface area contributed by atoms with Crippen molar-refractivity contribution in [3.8, 4) is 0 Å². The molecule has 1 saturated heterocycles. The third-order valence-corrected chi connectivity index (χ3v) is 4.74. The first kappa shape index (κ1) is 20.2. The van der Waals surface area contributed by atoms with Crippen molar-refractivity contribution in [3.63, 3.8) is 0 Å². The van der Waals surface area contributed by atoms with Crippen LogP contribution in [-0.2, 0) is 6.54 Å². The van der Waals surface area contributed by atoms with Gasteiger partial charge in [-0.25, -0.2) is 4.99 Å². The van der Waals surface area contributed by atoms with Gasteiger partial charge in [-0.1, -0.05) is 18.6 Å². The largest absolute Gasteiger partial charge is 0.357 e. The maximum atomic E-state index is 10.9. The molecule has 2 N–H and O–H groups in total. The lowest BCUT2D eigenvalue weighted by Gasteiger charge is -2.33. The predicted octanol–water partition coefficient (Wildman–Crippen LogP) is 2.91. The van der Waals surface area contributed by atoms with Crippen LogP contribution in [0.25, 0.3) is 0 Å². The summed E-state index contributed by atoms with van der Waals surface area (Å²) in [7, 11) is 0. The molecule has 0 bridgehead atoms. The first-order valence-corrected chi connectivity index (χ1v) is 9.59. The van der Waals surface area contributed by atoms with Crippen LogP contribution in [0, 0.1) is 10.1 Å². The van der Waals surface area contributed by atoms with E-state index in [2.05, 4.69) is 27.4 Å². The van der Waals surface area contributed by atoms with Gasteiger partial charge < -0.3 is 15.5 Å². The molecule has 26 heavy (non-hydrogen) atoms. The molecule has 1 aromatic carbocycles. The molecule has 0 radical (unpaired) electrons. The molecule has 1 aliphatic rings. The van der Waals surface area contributed by atoms with Crippen LogP contribution >= 0.6 is 0 Å². The summed E-state index contributed by atoms with van der Waals surface area (Å²) in [6, 6.07) is 7.32. The molecule has 7 heteroatoms. The first-order valence-electron chi connectivity index (χ1n) is 9.59. The zero-order chi connectivity index (χ0) is 18.8. The summed E-state index contributed by atoms with van der Waals surface area (Å²) >= 11 is 0. The molecule has 1 aromatic rings. The van der Waals surface area contributed by atoms with Gasteiger partial charge in [-0.2, -0.15) is 0 Å². The predicted molar refractivity (Wildman–Crippen MR) is 105 cm³/mol. The van der Waals surface area contributed by atoms with E-state index >= 15 is 0 Å². The molecule has 0 saturated carbocycles. The lowest BCUT2D eigenvalue weighted by atomic mass is 10.0. The van der Waals surface area contributed by atoms with E-state index in [4.69, 9.17) is 0 Å². The van der Waals surface area contributed by atoms with Crippen molar-refractivity contribution in [1.29, 1.82) is 0 Å². The highest BCUT2D eigenvalue weighted by atomic mass is 16.6. The lowest BCUT2D eigenvalue weighted by Crippen LogP contribution is -2.41. The Labute approximate surface area is 156 Å². The SMILES string of the molecule is CCNC(=NCc1cccc([N+](=O)[O-])c1)NCCCN1CCCCC1C. The van der Waals surface area contributed by atoms with Crippen molar-refractivity contribution in [1.82, 2.24) is 15.5 Å². The third-order valence-electron chi connectivity index (χ3n) is 4.74. The van der Waals surface area contributed by atoms with Crippen LogP contribution in [0.15, 0.2) is 29.3 Å². The summed E-state index contributed by atoms with van der Waals surface area (Å²) in [4.78, 5) is 17.6. The Hall–Kier alpha value is -2.15. The number of non-ortho nitro benzene ring substituents is 1. The second-order valence-electron chi connectivity index (χ2n) is 6.78. The van der Waals surface area contributed by atoms with Crippen LogP contribution in [0.5, 0.6) is 0 Å². The summed E-state index contributed by atoms with van der Waals surface area (Å²) in [6.07, 6.45) is 5.04. The quantitative estimate of drug-likeness (QED) is 0.245. The number of aliphatic imine (C=N–C) groups is 1. The molecule has 0 spiro atoms. The fraction of sp³-hybridized carbons (Fsp3) is 0.632. The summed E-state index contributed by atoms with van der Waals surface area (Å²) in [5, 5.41) is 17.5. The summed E-state index contributed by atoms with van der Waals surface area (Å²) in [5.41, 5.74) is 0.935. The van der Waals surface area contributed by atoms with Gasteiger partial charge in [0.25, 0.3) is 5.69 Å². The van der Waals surface area contributed by atoms with E-state index < -0.39 is 0 Å². The minimum Gasteiger partial charge on any atom is -0.357 e. The van der Waals surface area contributed by atoms with Crippen molar-refractivity contribution in [3.05, 3.63) is 39.9 Å². The van der Waals surface area contributed by atoms with Crippen LogP contribution < -0.4 is 10.6 Å². The van der Waals surface area contributed by atoms with E-state index in [0.717, 1.165) is 37.6 Å². The molecule has 0 amide bonds. The van der Waals surface area contributed by atoms with Gasteiger partial charge in [0.05, 0.1) is 11.5 Å². The number of guanidine groups is 1. The monoisotopic (exact) mass is 361 g/mol. The second kappa shape index (κ2) is 10.8. The Morgan fingerprint density at radius 2 is 2.23 bits per heavy atom. The summed E-state index contributed by atoms with van der Waals surface area (Å²) in [5.74, 6) is 0.755. The molecule has 1 unspecified atom stereocenters. The zero-order valence-corrected chi connectivity index (χ0v) is 15.9. The van der Waals surface area contributed by atoms with E-state index in [1.807, 2.05) is 13.0 Å². The van der Waals surface area contributed by atoms with Gasteiger partial charge in [-0.15, -0.1) is 0 Å². The van der Waals surface area contributed by atoms with Crippen LogP contribution in [0.1, 0.15) is 45.1 Å². The Morgan fingerprint density at radius 1 is 1.38 bits per heavy atom. The van der Waals surface area contributed by atoms with Gasteiger partial charge in [0.2, 0.25) is 0 Å². The second-order valence-corrected chi connectivity index (χ2v) is 6.78. The molecular weight excluding hydrogens is 330 g/mol. The maximum absolute atomic E-state index is 10.9. The normalized spacial score (nSPS) is 18.5. The van der Waals surface area contributed by atoms with Gasteiger partial charge in [-0.05, 0) is 45.2 Å². The molecule has 1 aliphatic heterocycles. The van der Waals surface area contributed by atoms with Crippen LogP contribution in [-0.4, -0.2) is 48.0 Å². The van der Waals surface area contributed by atoms with Crippen LogP contribution in [0.4, 0.5) is 5.69 Å². The minimum absolute atomic E-state index is 0.103. The summed E-state index contributed by atoms with van der Waals surface area (Å²) < 4.78 is 0. The number of nitro groups is 1. The van der Waals surface area contributed by atoms with Gasteiger partial charge in [0, 0.05) is 37.8 Å². The average molecular weight is 361 g/mol. The molecule has 1 fully saturated rings. The van der Waals surface area contributed by atoms with Crippen molar-refractivity contribution >= 4 is 11.6 Å². The number of nitro benzene ring substituents is 1. The van der Waals surface area contributed by atoms with Gasteiger partial charge in [0.1, 0.15) is 0 Å². The molecule has 7 nitrogen and oxygen atoms in total. The topological polar surface area (TPSA) is 82.8 Å². The molecule has 1 atom stereocenters. The number of nitrogens with zero attached hydrogens (tertiary/aromatic N) is 3. The number of nitrogens with one attached hydrogen (secondary N) is 2. The fourth-order valence-corrected chi connectivity index (χ4v) is 3.26. The van der Waals surface area contributed by atoms with Crippen molar-refractivity contribution in [2.24, 2.45) is 4.99 Å². The number of rotatable bonds is 8. The molecule has 144 valence electrons.